The van der Waals surface area contributed by atoms with Crippen LogP contribution in [0.25, 0.3) is 11.5 Å². The van der Waals surface area contributed by atoms with Gasteiger partial charge in [-0.05, 0) is 32.4 Å². The SMILES string of the molecule is Cc1ccccc1-c1nnc(SCC(=O)NC(=O)NC(C)C)o1. The molecule has 3 amide bonds. The first kappa shape index (κ1) is 17.0. The molecular formula is C15H18N4O3S. The molecule has 0 unspecified atom stereocenters. The lowest BCUT2D eigenvalue weighted by Gasteiger charge is -2.08. The molecule has 2 aromatic rings. The van der Waals surface area contributed by atoms with Crippen molar-refractivity contribution >= 4 is 23.7 Å². The first-order valence-electron chi connectivity index (χ1n) is 7.08. The van der Waals surface area contributed by atoms with Gasteiger partial charge in [0, 0.05) is 11.6 Å². The van der Waals surface area contributed by atoms with Gasteiger partial charge in [0.25, 0.3) is 5.22 Å². The predicted molar refractivity (Wildman–Crippen MR) is 87.0 cm³/mol. The second-order valence-corrected chi connectivity index (χ2v) is 6.08. The lowest BCUT2D eigenvalue weighted by atomic mass is 10.1. The van der Waals surface area contributed by atoms with E-state index in [1.165, 1.54) is 0 Å². The fraction of sp³-hybridized carbons (Fsp3) is 0.333. The van der Waals surface area contributed by atoms with E-state index in [9.17, 15) is 9.59 Å². The zero-order valence-electron chi connectivity index (χ0n) is 13.1. The summed E-state index contributed by atoms with van der Waals surface area (Å²) >= 11 is 1.08. The Labute approximate surface area is 138 Å². The van der Waals surface area contributed by atoms with Crippen molar-refractivity contribution in [3.05, 3.63) is 29.8 Å². The number of urea groups is 1. The topological polar surface area (TPSA) is 97.1 Å². The summed E-state index contributed by atoms with van der Waals surface area (Å²) in [4.78, 5) is 23.1. The zero-order valence-corrected chi connectivity index (χ0v) is 13.9. The van der Waals surface area contributed by atoms with Gasteiger partial charge < -0.3 is 9.73 Å². The summed E-state index contributed by atoms with van der Waals surface area (Å²) in [6.45, 7) is 5.57. The highest BCUT2D eigenvalue weighted by Crippen LogP contribution is 2.25. The first-order valence-corrected chi connectivity index (χ1v) is 8.07. The van der Waals surface area contributed by atoms with E-state index in [0.29, 0.717) is 5.89 Å². The summed E-state index contributed by atoms with van der Waals surface area (Å²) in [5, 5.41) is 13.0. The van der Waals surface area contributed by atoms with Gasteiger partial charge in [0.05, 0.1) is 5.75 Å². The maximum absolute atomic E-state index is 11.7. The smallest absolute Gasteiger partial charge is 0.321 e. The molecule has 1 aromatic carbocycles. The molecule has 7 nitrogen and oxygen atoms in total. The number of aromatic nitrogens is 2. The molecule has 23 heavy (non-hydrogen) atoms. The maximum atomic E-state index is 11.7. The van der Waals surface area contributed by atoms with Gasteiger partial charge >= 0.3 is 6.03 Å². The number of hydrogen-bond acceptors (Lipinski definition) is 6. The number of carbonyl (C=O) groups is 2. The van der Waals surface area contributed by atoms with Gasteiger partial charge in [-0.2, -0.15) is 0 Å². The summed E-state index contributed by atoms with van der Waals surface area (Å²) in [7, 11) is 0. The Morgan fingerprint density at radius 2 is 2.00 bits per heavy atom. The number of nitrogens with one attached hydrogen (secondary N) is 2. The van der Waals surface area contributed by atoms with Crippen LogP contribution in [0.1, 0.15) is 19.4 Å². The molecule has 0 aliphatic rings. The van der Waals surface area contributed by atoms with Crippen molar-refractivity contribution in [1.82, 2.24) is 20.8 Å². The van der Waals surface area contributed by atoms with E-state index in [1.54, 1.807) is 0 Å². The highest BCUT2D eigenvalue weighted by Gasteiger charge is 2.14. The normalized spacial score (nSPS) is 10.6. The van der Waals surface area contributed by atoms with E-state index >= 15 is 0 Å². The molecule has 0 spiro atoms. The van der Waals surface area contributed by atoms with Crippen LogP contribution in [-0.4, -0.2) is 33.9 Å². The molecule has 0 bridgehead atoms. The highest BCUT2D eigenvalue weighted by molar-refractivity contribution is 7.99. The minimum atomic E-state index is -0.517. The molecule has 0 aliphatic carbocycles. The zero-order chi connectivity index (χ0) is 16.8. The van der Waals surface area contributed by atoms with Crippen LogP contribution in [0.15, 0.2) is 33.9 Å². The Morgan fingerprint density at radius 3 is 2.70 bits per heavy atom. The van der Waals surface area contributed by atoms with E-state index in [-0.39, 0.29) is 17.0 Å². The number of imide groups is 1. The molecule has 0 fully saturated rings. The average Bonchev–Trinajstić information content (AvgIpc) is 2.93. The van der Waals surface area contributed by atoms with Gasteiger partial charge in [-0.25, -0.2) is 4.79 Å². The van der Waals surface area contributed by atoms with Crippen molar-refractivity contribution in [2.75, 3.05) is 5.75 Å². The van der Waals surface area contributed by atoms with Gasteiger partial charge in [0.1, 0.15) is 0 Å². The van der Waals surface area contributed by atoms with Crippen LogP contribution in [0, 0.1) is 6.92 Å². The van der Waals surface area contributed by atoms with Crippen molar-refractivity contribution in [3.63, 3.8) is 0 Å². The number of aryl methyl sites for hydroxylation is 1. The van der Waals surface area contributed by atoms with E-state index in [0.717, 1.165) is 22.9 Å². The van der Waals surface area contributed by atoms with Crippen molar-refractivity contribution in [2.45, 2.75) is 32.0 Å². The lowest BCUT2D eigenvalue weighted by molar-refractivity contribution is -0.117. The standard InChI is InChI=1S/C15H18N4O3S/c1-9(2)16-14(21)17-12(20)8-23-15-19-18-13(22-15)11-7-5-4-6-10(11)3/h4-7,9H,8H2,1-3H3,(H2,16,17,20,21). The van der Waals surface area contributed by atoms with Gasteiger partial charge in [-0.1, -0.05) is 30.0 Å². The monoisotopic (exact) mass is 334 g/mol. The van der Waals surface area contributed by atoms with Crippen molar-refractivity contribution in [1.29, 1.82) is 0 Å². The van der Waals surface area contributed by atoms with Crippen LogP contribution >= 0.6 is 11.8 Å². The molecular weight excluding hydrogens is 316 g/mol. The largest absolute Gasteiger partial charge is 0.411 e. The number of benzene rings is 1. The minimum absolute atomic E-state index is 0.0148. The number of carbonyl (C=O) groups excluding carboxylic acids is 2. The molecule has 0 saturated heterocycles. The molecule has 122 valence electrons. The number of hydrogen-bond donors (Lipinski definition) is 2. The van der Waals surface area contributed by atoms with Crippen molar-refractivity contribution in [2.24, 2.45) is 0 Å². The second kappa shape index (κ2) is 7.77. The van der Waals surface area contributed by atoms with Crippen LogP contribution < -0.4 is 10.6 Å². The predicted octanol–water partition coefficient (Wildman–Crippen LogP) is 2.37. The van der Waals surface area contributed by atoms with Crippen LogP contribution in [0.3, 0.4) is 0 Å². The van der Waals surface area contributed by atoms with Crippen molar-refractivity contribution < 1.29 is 14.0 Å². The molecule has 0 saturated carbocycles. The summed E-state index contributed by atoms with van der Waals surface area (Å²) in [6, 6.07) is 7.10. The number of thioether (sulfide) groups is 1. The van der Waals surface area contributed by atoms with Crippen molar-refractivity contribution in [3.8, 4) is 11.5 Å². The Kier molecular flexibility index (Phi) is 5.75. The molecule has 1 aromatic heterocycles. The van der Waals surface area contributed by atoms with Gasteiger partial charge in [-0.3, -0.25) is 10.1 Å². The van der Waals surface area contributed by atoms with E-state index in [2.05, 4.69) is 20.8 Å². The second-order valence-electron chi connectivity index (χ2n) is 5.15. The van der Waals surface area contributed by atoms with Gasteiger partial charge in [0.15, 0.2) is 0 Å². The average molecular weight is 334 g/mol. The summed E-state index contributed by atoms with van der Waals surface area (Å²) in [5.74, 6) is -0.00617. The highest BCUT2D eigenvalue weighted by atomic mass is 32.2. The Morgan fingerprint density at radius 1 is 1.26 bits per heavy atom. The molecule has 8 heteroatoms. The maximum Gasteiger partial charge on any atom is 0.321 e. The fourth-order valence-corrected chi connectivity index (χ4v) is 2.34. The van der Waals surface area contributed by atoms with Crippen LogP contribution in [-0.2, 0) is 4.79 Å². The molecule has 2 N–H and O–H groups in total. The van der Waals surface area contributed by atoms with Gasteiger partial charge in [0.2, 0.25) is 11.8 Å². The first-order chi connectivity index (χ1) is 11.0. The fourth-order valence-electron chi connectivity index (χ4n) is 1.78. The van der Waals surface area contributed by atoms with Gasteiger partial charge in [-0.15, -0.1) is 10.2 Å². The number of amides is 3. The Bertz CT molecular complexity index is 700. The van der Waals surface area contributed by atoms with Crippen LogP contribution in [0.5, 0.6) is 0 Å². The minimum Gasteiger partial charge on any atom is -0.411 e. The quantitative estimate of drug-likeness (QED) is 0.815. The van der Waals surface area contributed by atoms with E-state index in [1.807, 2.05) is 45.0 Å². The Balaban J connectivity index is 1.89. The van der Waals surface area contributed by atoms with Crippen LogP contribution in [0.4, 0.5) is 4.79 Å². The summed E-state index contributed by atoms with van der Waals surface area (Å²) in [5.41, 5.74) is 1.88. The number of rotatable bonds is 5. The third kappa shape index (κ3) is 5.10. The number of nitrogens with zero attached hydrogens (tertiary/aromatic N) is 2. The van der Waals surface area contributed by atoms with E-state index < -0.39 is 11.9 Å². The molecule has 0 atom stereocenters. The third-order valence-electron chi connectivity index (χ3n) is 2.78. The van der Waals surface area contributed by atoms with E-state index in [4.69, 9.17) is 4.42 Å². The molecule has 0 radical (unpaired) electrons. The molecule has 0 aliphatic heterocycles. The molecule has 1 heterocycles. The Hall–Kier alpha value is -2.35. The van der Waals surface area contributed by atoms with Crippen LogP contribution in [0.2, 0.25) is 0 Å². The summed E-state index contributed by atoms with van der Waals surface area (Å²) < 4.78 is 5.53. The third-order valence-corrected chi connectivity index (χ3v) is 3.60. The summed E-state index contributed by atoms with van der Waals surface area (Å²) in [6.07, 6.45) is 0. The lowest BCUT2D eigenvalue weighted by Crippen LogP contribution is -2.43. The molecule has 2 rings (SSSR count).